The van der Waals surface area contributed by atoms with Gasteiger partial charge >= 0.3 is 17.9 Å². The van der Waals surface area contributed by atoms with Crippen molar-refractivity contribution >= 4 is 17.9 Å². The number of carbonyl (C=O) groups excluding carboxylic acids is 3. The number of rotatable bonds is 52. The summed E-state index contributed by atoms with van der Waals surface area (Å²) in [4.78, 5) is 37.8. The zero-order chi connectivity index (χ0) is 45.8. The first-order valence-corrected chi connectivity index (χ1v) is 28.2. The highest BCUT2D eigenvalue weighted by Crippen LogP contribution is 2.17. The molecule has 0 aromatic carbocycles. The fourth-order valence-corrected chi connectivity index (χ4v) is 8.50. The quantitative estimate of drug-likeness (QED) is 0.0262. The number of esters is 3. The van der Waals surface area contributed by atoms with Gasteiger partial charge in [0.15, 0.2) is 6.10 Å². The zero-order valence-electron chi connectivity index (χ0n) is 42.6. The van der Waals surface area contributed by atoms with Crippen molar-refractivity contribution in [3.63, 3.8) is 0 Å². The van der Waals surface area contributed by atoms with E-state index in [1.807, 2.05) is 0 Å². The van der Waals surface area contributed by atoms with E-state index < -0.39 is 6.10 Å². The lowest BCUT2D eigenvalue weighted by molar-refractivity contribution is -0.167. The van der Waals surface area contributed by atoms with Crippen molar-refractivity contribution in [2.45, 2.75) is 322 Å². The largest absolute Gasteiger partial charge is 0.462 e. The summed E-state index contributed by atoms with van der Waals surface area (Å²) in [5.74, 6) is -0.868. The molecule has 6 heteroatoms. The van der Waals surface area contributed by atoms with Gasteiger partial charge < -0.3 is 14.2 Å². The number of hydrogen-bond donors (Lipinski definition) is 0. The molecule has 1 atom stereocenters. The second-order valence-corrected chi connectivity index (χ2v) is 19.2. The van der Waals surface area contributed by atoms with Crippen LogP contribution in [0.1, 0.15) is 316 Å². The molecule has 0 fully saturated rings. The van der Waals surface area contributed by atoms with Crippen LogP contribution in [0.25, 0.3) is 0 Å². The molecule has 63 heavy (non-hydrogen) atoms. The predicted octanol–water partition coefficient (Wildman–Crippen LogP) is 18.5. The van der Waals surface area contributed by atoms with Crippen LogP contribution in [-0.4, -0.2) is 37.2 Å². The fourth-order valence-electron chi connectivity index (χ4n) is 8.50. The molecule has 0 aliphatic heterocycles. The highest BCUT2D eigenvalue weighted by molar-refractivity contribution is 5.71. The Labute approximate surface area is 392 Å². The fraction of sp³-hybridized carbons (Fsp3) is 0.912. The minimum atomic E-state index is -0.766. The minimum Gasteiger partial charge on any atom is -0.462 e. The molecule has 0 spiro atoms. The lowest BCUT2D eigenvalue weighted by atomic mass is 10.0. The molecule has 0 saturated heterocycles. The summed E-state index contributed by atoms with van der Waals surface area (Å²) in [5, 5.41) is 0. The van der Waals surface area contributed by atoms with Gasteiger partial charge in [-0.3, -0.25) is 14.4 Å². The van der Waals surface area contributed by atoms with Crippen LogP contribution in [0.15, 0.2) is 12.2 Å². The molecule has 1 unspecified atom stereocenters. The second-order valence-electron chi connectivity index (χ2n) is 19.2. The molecule has 0 aliphatic carbocycles. The molecular weight excluding hydrogens is 781 g/mol. The standard InChI is InChI=1S/C57H108O6/c1-4-7-10-13-16-18-20-22-23-24-25-26-27-28-29-30-31-32-33-34-35-37-38-41-44-47-50-56(59)62-53-54(52-61-55(58)49-46-43-40-15-12-9-6-3)63-57(60)51-48-45-42-39-36-21-19-17-14-11-8-5-2/h17,19,54H,4-16,18,20-53H2,1-3H3/b19-17-. The summed E-state index contributed by atoms with van der Waals surface area (Å²) >= 11 is 0. The molecular formula is C57H108O6. The van der Waals surface area contributed by atoms with Crippen LogP contribution in [0.5, 0.6) is 0 Å². The molecule has 0 saturated carbocycles. The first-order chi connectivity index (χ1) is 31.0. The summed E-state index contributed by atoms with van der Waals surface area (Å²) in [6, 6.07) is 0. The summed E-state index contributed by atoms with van der Waals surface area (Å²) < 4.78 is 16.7. The van der Waals surface area contributed by atoms with E-state index >= 15 is 0 Å². The SMILES string of the molecule is CCCCC/C=C\CCCCCCCC(=O)OC(COC(=O)CCCCCCCCC)COC(=O)CCCCCCCCCCCCCCCCCCCCCCCCCCCC. The van der Waals surface area contributed by atoms with Crippen molar-refractivity contribution in [1.29, 1.82) is 0 Å². The van der Waals surface area contributed by atoms with Gasteiger partial charge in [-0.2, -0.15) is 0 Å². The Morgan fingerprint density at radius 1 is 0.302 bits per heavy atom. The van der Waals surface area contributed by atoms with E-state index in [0.717, 1.165) is 64.2 Å². The number of unbranched alkanes of at least 4 members (excludes halogenated alkanes) is 39. The molecule has 0 aliphatic rings. The van der Waals surface area contributed by atoms with Crippen LogP contribution < -0.4 is 0 Å². The highest BCUT2D eigenvalue weighted by atomic mass is 16.6. The molecule has 0 aromatic rings. The normalized spacial score (nSPS) is 12.0. The summed E-state index contributed by atoms with van der Waals surface area (Å²) in [6.45, 7) is 6.61. The van der Waals surface area contributed by atoms with Gasteiger partial charge in [-0.1, -0.05) is 264 Å². The third-order valence-electron chi connectivity index (χ3n) is 12.8. The maximum absolute atomic E-state index is 12.7. The summed E-state index contributed by atoms with van der Waals surface area (Å²) in [7, 11) is 0. The molecule has 0 bridgehead atoms. The predicted molar refractivity (Wildman–Crippen MR) is 270 cm³/mol. The molecule has 372 valence electrons. The van der Waals surface area contributed by atoms with Gasteiger partial charge in [-0.25, -0.2) is 0 Å². The third kappa shape index (κ3) is 51.0. The Bertz CT molecular complexity index is 978. The molecule has 0 radical (unpaired) electrons. The van der Waals surface area contributed by atoms with Crippen molar-refractivity contribution in [2.24, 2.45) is 0 Å². The van der Waals surface area contributed by atoms with Crippen molar-refractivity contribution in [3.05, 3.63) is 12.2 Å². The third-order valence-corrected chi connectivity index (χ3v) is 12.8. The smallest absolute Gasteiger partial charge is 0.306 e. The Hall–Kier alpha value is -1.85. The highest BCUT2D eigenvalue weighted by Gasteiger charge is 2.19. The number of allylic oxidation sites excluding steroid dienone is 2. The lowest BCUT2D eigenvalue weighted by Crippen LogP contribution is -2.30. The van der Waals surface area contributed by atoms with Gasteiger partial charge in [0.2, 0.25) is 0 Å². The Morgan fingerprint density at radius 2 is 0.524 bits per heavy atom. The van der Waals surface area contributed by atoms with Crippen LogP contribution in [0.3, 0.4) is 0 Å². The van der Waals surface area contributed by atoms with E-state index in [0.29, 0.717) is 19.3 Å². The first-order valence-electron chi connectivity index (χ1n) is 28.2. The van der Waals surface area contributed by atoms with Crippen LogP contribution in [0.2, 0.25) is 0 Å². The lowest BCUT2D eigenvalue weighted by Gasteiger charge is -2.18. The van der Waals surface area contributed by atoms with Crippen LogP contribution in [0, 0.1) is 0 Å². The van der Waals surface area contributed by atoms with Gasteiger partial charge in [-0.05, 0) is 44.9 Å². The number of hydrogen-bond acceptors (Lipinski definition) is 6. The average Bonchev–Trinajstić information content (AvgIpc) is 3.28. The van der Waals surface area contributed by atoms with Crippen molar-refractivity contribution in [3.8, 4) is 0 Å². The van der Waals surface area contributed by atoms with Crippen molar-refractivity contribution < 1.29 is 28.6 Å². The molecule has 0 aromatic heterocycles. The van der Waals surface area contributed by atoms with Crippen LogP contribution in [-0.2, 0) is 28.6 Å². The van der Waals surface area contributed by atoms with Gasteiger partial charge in [0.25, 0.3) is 0 Å². The first kappa shape index (κ1) is 61.1. The second kappa shape index (κ2) is 52.8. The van der Waals surface area contributed by atoms with E-state index in [4.69, 9.17) is 14.2 Å². The Kier molecular flexibility index (Phi) is 51.2. The van der Waals surface area contributed by atoms with Crippen LogP contribution >= 0.6 is 0 Å². The molecule has 0 rings (SSSR count). The number of carbonyl (C=O) groups is 3. The van der Waals surface area contributed by atoms with E-state index in [-0.39, 0.29) is 31.1 Å². The number of ether oxygens (including phenoxy) is 3. The maximum Gasteiger partial charge on any atom is 0.306 e. The van der Waals surface area contributed by atoms with E-state index in [9.17, 15) is 14.4 Å². The summed E-state index contributed by atoms with van der Waals surface area (Å²) in [5.41, 5.74) is 0. The molecule has 0 amide bonds. The van der Waals surface area contributed by atoms with Gasteiger partial charge in [-0.15, -0.1) is 0 Å². The zero-order valence-corrected chi connectivity index (χ0v) is 42.6. The van der Waals surface area contributed by atoms with Gasteiger partial charge in [0.05, 0.1) is 0 Å². The van der Waals surface area contributed by atoms with E-state index in [1.165, 1.54) is 212 Å². The Morgan fingerprint density at radius 3 is 0.825 bits per heavy atom. The van der Waals surface area contributed by atoms with Crippen molar-refractivity contribution in [1.82, 2.24) is 0 Å². The minimum absolute atomic E-state index is 0.0687. The maximum atomic E-state index is 12.7. The molecule has 6 nitrogen and oxygen atoms in total. The molecule has 0 heterocycles. The Balaban J connectivity index is 4.02. The van der Waals surface area contributed by atoms with Gasteiger partial charge in [0, 0.05) is 19.3 Å². The van der Waals surface area contributed by atoms with Gasteiger partial charge in [0.1, 0.15) is 13.2 Å². The van der Waals surface area contributed by atoms with E-state index in [2.05, 4.69) is 32.9 Å². The van der Waals surface area contributed by atoms with Crippen LogP contribution in [0.4, 0.5) is 0 Å². The molecule has 0 N–H and O–H groups in total. The topological polar surface area (TPSA) is 78.9 Å². The summed E-state index contributed by atoms with van der Waals surface area (Å²) in [6.07, 6.45) is 59.6. The van der Waals surface area contributed by atoms with E-state index in [1.54, 1.807) is 0 Å². The average molecular weight is 889 g/mol. The van der Waals surface area contributed by atoms with Crippen molar-refractivity contribution in [2.75, 3.05) is 13.2 Å². The monoisotopic (exact) mass is 889 g/mol.